The molecule has 0 atom stereocenters. The molecule has 0 amide bonds. The summed E-state index contributed by atoms with van der Waals surface area (Å²) in [6, 6.07) is 22.4. The zero-order valence-corrected chi connectivity index (χ0v) is 19.7. The molecule has 6 rings (SSSR count). The van der Waals surface area contributed by atoms with Crippen LogP contribution in [-0.2, 0) is 5.41 Å². The van der Waals surface area contributed by atoms with Crippen LogP contribution >= 0.6 is 22.7 Å². The largest absolute Gasteiger partial charge is 0.255 e. The fourth-order valence-corrected chi connectivity index (χ4v) is 7.12. The molecule has 1 nitrogen and oxygen atoms in total. The first-order valence-corrected chi connectivity index (χ1v) is 12.3. The average molecular weight is 438 g/mol. The SMILES string of the molecule is Cc1cc2ccc3c4ccnc(-c5cc(C(C)(C)C)c6ccccc6c5)c4sc3c2s1. The van der Waals surface area contributed by atoms with Crippen LogP contribution in [0.3, 0.4) is 0 Å². The normalized spacial score (nSPS) is 12.5. The number of hydrogen-bond donors (Lipinski definition) is 0. The van der Waals surface area contributed by atoms with Crippen LogP contribution in [0.25, 0.3) is 52.3 Å². The predicted octanol–water partition coefficient (Wildman–Crippen LogP) is 9.09. The molecule has 0 saturated carbocycles. The molecule has 0 bridgehead atoms. The second-order valence-corrected chi connectivity index (χ2v) is 11.6. The minimum Gasteiger partial charge on any atom is -0.255 e. The highest BCUT2D eigenvalue weighted by Crippen LogP contribution is 2.45. The zero-order chi connectivity index (χ0) is 21.3. The smallest absolute Gasteiger partial charge is 0.0880 e. The number of pyridine rings is 1. The summed E-state index contributed by atoms with van der Waals surface area (Å²) in [5, 5.41) is 6.61. The Labute approximate surface area is 190 Å². The molecule has 3 heterocycles. The summed E-state index contributed by atoms with van der Waals surface area (Å²) >= 11 is 3.79. The van der Waals surface area contributed by atoms with Gasteiger partial charge in [0, 0.05) is 27.4 Å². The van der Waals surface area contributed by atoms with E-state index in [1.165, 1.54) is 57.0 Å². The molecule has 152 valence electrons. The van der Waals surface area contributed by atoms with Gasteiger partial charge in [0.1, 0.15) is 0 Å². The molecule has 0 spiro atoms. The van der Waals surface area contributed by atoms with Crippen molar-refractivity contribution >= 4 is 63.7 Å². The van der Waals surface area contributed by atoms with E-state index >= 15 is 0 Å². The van der Waals surface area contributed by atoms with Crippen molar-refractivity contribution in [3.63, 3.8) is 0 Å². The summed E-state index contributed by atoms with van der Waals surface area (Å²) in [7, 11) is 0. The van der Waals surface area contributed by atoms with Crippen molar-refractivity contribution in [2.24, 2.45) is 0 Å². The Morgan fingerprint density at radius 3 is 2.35 bits per heavy atom. The fraction of sp³-hybridized carbons (Fsp3) is 0.179. The van der Waals surface area contributed by atoms with Crippen molar-refractivity contribution in [3.05, 3.63) is 77.3 Å². The van der Waals surface area contributed by atoms with E-state index in [0.29, 0.717) is 0 Å². The Hall–Kier alpha value is -2.75. The molecular formula is C28H23NS2. The molecule has 0 unspecified atom stereocenters. The predicted molar refractivity (Wildman–Crippen MR) is 139 cm³/mol. The minimum atomic E-state index is 0.0599. The molecule has 0 N–H and O–H groups in total. The zero-order valence-electron chi connectivity index (χ0n) is 18.1. The summed E-state index contributed by atoms with van der Waals surface area (Å²) in [4.78, 5) is 6.27. The maximum atomic E-state index is 4.90. The lowest BCUT2D eigenvalue weighted by Gasteiger charge is -2.22. The Morgan fingerprint density at radius 2 is 1.52 bits per heavy atom. The third-order valence-corrected chi connectivity index (χ3v) is 8.57. The van der Waals surface area contributed by atoms with Crippen LogP contribution in [0.5, 0.6) is 0 Å². The van der Waals surface area contributed by atoms with Crippen molar-refractivity contribution in [3.8, 4) is 11.3 Å². The maximum Gasteiger partial charge on any atom is 0.0880 e. The highest BCUT2D eigenvalue weighted by Gasteiger charge is 2.20. The lowest BCUT2D eigenvalue weighted by atomic mass is 9.82. The molecule has 0 radical (unpaired) electrons. The van der Waals surface area contributed by atoms with Crippen LogP contribution < -0.4 is 0 Å². The van der Waals surface area contributed by atoms with Crippen LogP contribution in [0.1, 0.15) is 31.2 Å². The van der Waals surface area contributed by atoms with Gasteiger partial charge in [-0.05, 0) is 58.3 Å². The number of aromatic nitrogens is 1. The molecule has 3 heteroatoms. The summed E-state index contributed by atoms with van der Waals surface area (Å²) in [6.45, 7) is 9.07. The molecule has 3 aromatic carbocycles. The Kier molecular flexibility index (Phi) is 4.05. The van der Waals surface area contributed by atoms with Gasteiger partial charge in [0.2, 0.25) is 0 Å². The molecule has 31 heavy (non-hydrogen) atoms. The quantitative estimate of drug-likeness (QED) is 0.250. The van der Waals surface area contributed by atoms with E-state index in [9.17, 15) is 0 Å². The second kappa shape index (κ2) is 6.62. The van der Waals surface area contributed by atoms with Gasteiger partial charge in [-0.3, -0.25) is 4.98 Å². The number of hydrogen-bond acceptors (Lipinski definition) is 3. The third-order valence-electron chi connectivity index (χ3n) is 6.11. The number of fused-ring (bicyclic) bond motifs is 6. The van der Waals surface area contributed by atoms with Crippen LogP contribution in [0, 0.1) is 6.92 Å². The van der Waals surface area contributed by atoms with E-state index in [0.717, 1.165) is 5.69 Å². The second-order valence-electron chi connectivity index (χ2n) is 9.35. The molecular weight excluding hydrogens is 414 g/mol. The van der Waals surface area contributed by atoms with E-state index in [1.54, 1.807) is 0 Å². The van der Waals surface area contributed by atoms with Crippen molar-refractivity contribution in [2.75, 3.05) is 0 Å². The standard InChI is InChI=1S/C28H23NS2/c1-16-13-18-9-10-21-22-11-12-29-24(26(22)31-27(21)25(18)30-16)19-14-17-7-5-6-8-20(17)23(15-19)28(2,3)4/h5-15H,1-4H3. The summed E-state index contributed by atoms with van der Waals surface area (Å²) in [5.41, 5.74) is 3.73. The topological polar surface area (TPSA) is 12.9 Å². The average Bonchev–Trinajstić information content (AvgIpc) is 3.31. The molecule has 0 fully saturated rings. The third kappa shape index (κ3) is 2.91. The minimum absolute atomic E-state index is 0.0599. The van der Waals surface area contributed by atoms with Gasteiger partial charge in [-0.2, -0.15) is 0 Å². The van der Waals surface area contributed by atoms with E-state index in [4.69, 9.17) is 4.98 Å². The molecule has 3 aromatic heterocycles. The monoisotopic (exact) mass is 437 g/mol. The van der Waals surface area contributed by atoms with Gasteiger partial charge in [0.05, 0.1) is 19.8 Å². The first-order chi connectivity index (χ1) is 14.9. The molecule has 0 aliphatic rings. The molecule has 0 aliphatic carbocycles. The van der Waals surface area contributed by atoms with E-state index < -0.39 is 0 Å². The number of benzene rings is 3. The van der Waals surface area contributed by atoms with Crippen LogP contribution in [-0.4, -0.2) is 4.98 Å². The molecule has 6 aromatic rings. The van der Waals surface area contributed by atoms with Crippen LogP contribution in [0.2, 0.25) is 0 Å². The summed E-state index contributed by atoms with van der Waals surface area (Å²) < 4.78 is 4.07. The van der Waals surface area contributed by atoms with Gasteiger partial charge in [-0.1, -0.05) is 57.2 Å². The highest BCUT2D eigenvalue weighted by molar-refractivity contribution is 7.31. The van der Waals surface area contributed by atoms with E-state index in [-0.39, 0.29) is 5.41 Å². The van der Waals surface area contributed by atoms with Gasteiger partial charge in [0.25, 0.3) is 0 Å². The lowest BCUT2D eigenvalue weighted by Crippen LogP contribution is -2.12. The number of rotatable bonds is 1. The van der Waals surface area contributed by atoms with Gasteiger partial charge >= 0.3 is 0 Å². The number of aryl methyl sites for hydroxylation is 1. The van der Waals surface area contributed by atoms with Gasteiger partial charge in [-0.15, -0.1) is 22.7 Å². The Balaban J connectivity index is 1.70. The van der Waals surface area contributed by atoms with Crippen molar-refractivity contribution < 1.29 is 0 Å². The molecule has 0 saturated heterocycles. The fourth-order valence-electron chi connectivity index (χ4n) is 4.66. The summed E-state index contributed by atoms with van der Waals surface area (Å²) in [6.07, 6.45) is 1.97. The Morgan fingerprint density at radius 1 is 0.710 bits per heavy atom. The van der Waals surface area contributed by atoms with Crippen LogP contribution in [0.15, 0.2) is 66.9 Å². The van der Waals surface area contributed by atoms with Crippen molar-refractivity contribution in [2.45, 2.75) is 33.1 Å². The maximum absolute atomic E-state index is 4.90. The van der Waals surface area contributed by atoms with Gasteiger partial charge in [-0.25, -0.2) is 0 Å². The van der Waals surface area contributed by atoms with Gasteiger partial charge < -0.3 is 0 Å². The van der Waals surface area contributed by atoms with Gasteiger partial charge in [0.15, 0.2) is 0 Å². The van der Waals surface area contributed by atoms with Crippen LogP contribution in [0.4, 0.5) is 0 Å². The lowest BCUT2D eigenvalue weighted by molar-refractivity contribution is 0.596. The number of nitrogens with zero attached hydrogens (tertiary/aromatic N) is 1. The first-order valence-electron chi connectivity index (χ1n) is 10.6. The highest BCUT2D eigenvalue weighted by atomic mass is 32.1. The first kappa shape index (κ1) is 19.0. The van der Waals surface area contributed by atoms with E-state index in [1.807, 2.05) is 28.9 Å². The number of thiophene rings is 2. The van der Waals surface area contributed by atoms with E-state index in [2.05, 4.69) is 88.4 Å². The van der Waals surface area contributed by atoms with Crippen molar-refractivity contribution in [1.29, 1.82) is 0 Å². The van der Waals surface area contributed by atoms with Crippen molar-refractivity contribution in [1.82, 2.24) is 4.98 Å². The summed E-state index contributed by atoms with van der Waals surface area (Å²) in [5.74, 6) is 0. The molecule has 0 aliphatic heterocycles. The Bertz CT molecular complexity index is 1630.